The number of rotatable bonds is 5. The molecule has 0 bridgehead atoms. The third-order valence-corrected chi connectivity index (χ3v) is 3.34. The molecule has 1 aliphatic heterocycles. The summed E-state index contributed by atoms with van der Waals surface area (Å²) >= 11 is 0. The van der Waals surface area contributed by atoms with Crippen molar-refractivity contribution in [3.05, 3.63) is 29.8 Å². The van der Waals surface area contributed by atoms with E-state index in [1.807, 2.05) is 0 Å². The highest BCUT2D eigenvalue weighted by Gasteiger charge is 2.34. The Morgan fingerprint density at radius 1 is 1.33 bits per heavy atom. The number of halogens is 3. The maximum atomic E-state index is 12.1. The summed E-state index contributed by atoms with van der Waals surface area (Å²) in [6, 6.07) is 6.40. The summed E-state index contributed by atoms with van der Waals surface area (Å²) in [5.41, 5.74) is 0.912. The second-order valence-corrected chi connectivity index (χ2v) is 4.57. The van der Waals surface area contributed by atoms with Gasteiger partial charge in [-0.1, -0.05) is 12.1 Å². The fourth-order valence-corrected chi connectivity index (χ4v) is 2.42. The molecule has 2 rings (SSSR count). The Morgan fingerprint density at radius 2 is 2.00 bits per heavy atom. The van der Waals surface area contributed by atoms with Gasteiger partial charge < -0.3 is 14.8 Å². The first-order chi connectivity index (χ1) is 9.61. The first kappa shape index (κ1) is 17.7. The topological polar surface area (TPSA) is 47.6 Å². The van der Waals surface area contributed by atoms with E-state index in [2.05, 4.69) is 10.1 Å². The molecule has 1 aromatic rings. The molecule has 1 saturated heterocycles. The summed E-state index contributed by atoms with van der Waals surface area (Å²) < 4.78 is 33.5. The molecule has 7 heteroatoms. The number of carbonyl (C=O) groups is 1. The van der Waals surface area contributed by atoms with Gasteiger partial charge in [0.15, 0.2) is 0 Å². The molecule has 2 atom stereocenters. The lowest BCUT2D eigenvalue weighted by Crippen LogP contribution is -2.24. The smallest absolute Gasteiger partial charge is 0.387 e. The first-order valence-electron chi connectivity index (χ1n) is 6.54. The second-order valence-electron chi connectivity index (χ2n) is 4.57. The van der Waals surface area contributed by atoms with Crippen LogP contribution < -0.4 is 10.1 Å². The maximum absolute atomic E-state index is 12.1. The zero-order valence-corrected chi connectivity index (χ0v) is 12.4. The molecule has 1 aromatic carbocycles. The van der Waals surface area contributed by atoms with E-state index in [1.165, 1.54) is 12.1 Å². The average molecular weight is 322 g/mol. The number of carbonyl (C=O) groups excluding carboxylic acids is 1. The van der Waals surface area contributed by atoms with Crippen LogP contribution in [0, 0.1) is 5.92 Å². The Kier molecular flexibility index (Phi) is 6.84. The van der Waals surface area contributed by atoms with Crippen molar-refractivity contribution in [3.8, 4) is 5.75 Å². The van der Waals surface area contributed by atoms with E-state index in [0.29, 0.717) is 19.7 Å². The Morgan fingerprint density at radius 3 is 2.57 bits per heavy atom. The van der Waals surface area contributed by atoms with Crippen molar-refractivity contribution in [1.29, 1.82) is 0 Å². The van der Waals surface area contributed by atoms with Gasteiger partial charge in [0.1, 0.15) is 5.75 Å². The van der Waals surface area contributed by atoms with Crippen molar-refractivity contribution in [2.45, 2.75) is 19.5 Å². The van der Waals surface area contributed by atoms with Crippen molar-refractivity contribution in [2.24, 2.45) is 5.92 Å². The van der Waals surface area contributed by atoms with Crippen LogP contribution in [-0.2, 0) is 9.53 Å². The molecule has 0 amide bonds. The summed E-state index contributed by atoms with van der Waals surface area (Å²) in [4.78, 5) is 11.9. The minimum atomic E-state index is -2.83. The quantitative estimate of drug-likeness (QED) is 0.847. The van der Waals surface area contributed by atoms with Crippen molar-refractivity contribution in [1.82, 2.24) is 5.32 Å². The third kappa shape index (κ3) is 4.54. The lowest BCUT2D eigenvalue weighted by Gasteiger charge is -2.17. The van der Waals surface area contributed by atoms with E-state index in [9.17, 15) is 13.6 Å². The van der Waals surface area contributed by atoms with Crippen molar-refractivity contribution in [2.75, 3.05) is 19.7 Å². The number of alkyl halides is 2. The molecule has 0 spiro atoms. The number of hydrogen-bond donors (Lipinski definition) is 1. The largest absolute Gasteiger partial charge is 0.466 e. The lowest BCUT2D eigenvalue weighted by atomic mass is 9.89. The van der Waals surface area contributed by atoms with Crippen LogP contribution in [0.15, 0.2) is 24.3 Å². The van der Waals surface area contributed by atoms with Crippen LogP contribution in [-0.4, -0.2) is 32.3 Å². The van der Waals surface area contributed by atoms with Gasteiger partial charge in [0.25, 0.3) is 0 Å². The summed E-state index contributed by atoms with van der Waals surface area (Å²) in [7, 11) is 0. The first-order valence-corrected chi connectivity index (χ1v) is 6.54. The fraction of sp³-hybridized carbons (Fsp3) is 0.500. The minimum Gasteiger partial charge on any atom is -0.466 e. The highest BCUT2D eigenvalue weighted by atomic mass is 35.5. The van der Waals surface area contributed by atoms with Crippen LogP contribution in [0.4, 0.5) is 8.78 Å². The van der Waals surface area contributed by atoms with Gasteiger partial charge in [-0.2, -0.15) is 8.78 Å². The zero-order chi connectivity index (χ0) is 14.5. The van der Waals surface area contributed by atoms with Gasteiger partial charge in [-0.3, -0.25) is 4.79 Å². The normalized spacial score (nSPS) is 21.0. The summed E-state index contributed by atoms with van der Waals surface area (Å²) in [6.45, 7) is 0.521. The minimum absolute atomic E-state index is 0. The molecule has 21 heavy (non-hydrogen) atoms. The molecule has 1 heterocycles. The Bertz CT molecular complexity index is 456. The van der Waals surface area contributed by atoms with Gasteiger partial charge in [-0.05, 0) is 24.6 Å². The molecule has 0 saturated carbocycles. The van der Waals surface area contributed by atoms with E-state index in [1.54, 1.807) is 19.1 Å². The molecule has 0 aliphatic carbocycles. The number of esters is 1. The molecule has 1 aliphatic rings. The summed E-state index contributed by atoms with van der Waals surface area (Å²) in [6.07, 6.45) is 0. The van der Waals surface area contributed by atoms with Crippen molar-refractivity contribution in [3.63, 3.8) is 0 Å². The highest BCUT2D eigenvalue weighted by Crippen LogP contribution is 2.30. The molecular weight excluding hydrogens is 304 g/mol. The number of nitrogens with one attached hydrogen (secondary N) is 1. The van der Waals surface area contributed by atoms with Crippen molar-refractivity contribution < 1.29 is 23.0 Å². The Labute approximate surface area is 128 Å². The third-order valence-electron chi connectivity index (χ3n) is 3.34. The zero-order valence-electron chi connectivity index (χ0n) is 11.6. The van der Waals surface area contributed by atoms with E-state index in [4.69, 9.17) is 4.74 Å². The molecule has 4 nitrogen and oxygen atoms in total. The molecular formula is C14H18ClF2NO3. The molecule has 0 aromatic heterocycles. The van der Waals surface area contributed by atoms with Crippen LogP contribution in [0.1, 0.15) is 18.4 Å². The van der Waals surface area contributed by atoms with Gasteiger partial charge >= 0.3 is 12.6 Å². The van der Waals surface area contributed by atoms with Gasteiger partial charge in [0, 0.05) is 19.0 Å². The van der Waals surface area contributed by atoms with Crippen LogP contribution in [0.3, 0.4) is 0 Å². The fourth-order valence-electron chi connectivity index (χ4n) is 2.42. The van der Waals surface area contributed by atoms with Crippen molar-refractivity contribution >= 4 is 18.4 Å². The predicted molar refractivity (Wildman–Crippen MR) is 76.1 cm³/mol. The second kappa shape index (κ2) is 8.14. The average Bonchev–Trinajstić information content (AvgIpc) is 2.88. The van der Waals surface area contributed by atoms with E-state index in [-0.39, 0.29) is 36.0 Å². The van der Waals surface area contributed by atoms with Gasteiger partial charge in [-0.15, -0.1) is 12.4 Å². The van der Waals surface area contributed by atoms with Gasteiger partial charge in [-0.25, -0.2) is 0 Å². The molecule has 0 radical (unpaired) electrons. The maximum Gasteiger partial charge on any atom is 0.387 e. The van der Waals surface area contributed by atoms with Crippen LogP contribution in [0.25, 0.3) is 0 Å². The highest BCUT2D eigenvalue weighted by molar-refractivity contribution is 5.85. The van der Waals surface area contributed by atoms with Gasteiger partial charge in [0.2, 0.25) is 0 Å². The van der Waals surface area contributed by atoms with Crippen LogP contribution in [0.2, 0.25) is 0 Å². The lowest BCUT2D eigenvalue weighted by molar-refractivity contribution is -0.147. The number of benzene rings is 1. The molecule has 1 N–H and O–H groups in total. The number of hydrogen-bond acceptors (Lipinski definition) is 4. The Hall–Kier alpha value is -1.40. The molecule has 2 unspecified atom stereocenters. The summed E-state index contributed by atoms with van der Waals surface area (Å²) in [5, 5.41) is 3.15. The van der Waals surface area contributed by atoms with Crippen LogP contribution in [0.5, 0.6) is 5.75 Å². The van der Waals surface area contributed by atoms with E-state index < -0.39 is 6.61 Å². The monoisotopic (exact) mass is 321 g/mol. The molecule has 1 fully saturated rings. The molecule has 118 valence electrons. The SMILES string of the molecule is CCOC(=O)C1CNCC1c1ccc(OC(F)F)cc1.Cl. The van der Waals surface area contributed by atoms with Gasteiger partial charge in [0.05, 0.1) is 12.5 Å². The van der Waals surface area contributed by atoms with E-state index >= 15 is 0 Å². The number of ether oxygens (including phenoxy) is 2. The van der Waals surface area contributed by atoms with Crippen LogP contribution >= 0.6 is 12.4 Å². The Balaban J connectivity index is 0.00000220. The standard InChI is InChI=1S/C14H17F2NO3.ClH/c1-2-19-13(18)12-8-17-7-11(12)9-3-5-10(6-4-9)20-14(15)16;/h3-6,11-12,14,17H,2,7-8H2,1H3;1H. The summed E-state index contributed by atoms with van der Waals surface area (Å²) in [5.74, 6) is -0.357. The van der Waals surface area contributed by atoms with E-state index in [0.717, 1.165) is 5.56 Å². The predicted octanol–water partition coefficient (Wildman–Crippen LogP) is 2.58.